The Morgan fingerprint density at radius 2 is 2.17 bits per heavy atom. The fourth-order valence-electron chi connectivity index (χ4n) is 4.79. The number of fused-ring (bicyclic) bond motifs is 4. The Labute approximate surface area is 147 Å². The molecule has 0 radical (unpaired) electrons. The van der Waals surface area contributed by atoms with Crippen LogP contribution in [-0.2, 0) is 11.8 Å². The lowest BCUT2D eigenvalue weighted by atomic mass is 9.59. The van der Waals surface area contributed by atoms with E-state index in [-0.39, 0.29) is 17.8 Å². The van der Waals surface area contributed by atoms with Gasteiger partial charge in [0.25, 0.3) is 0 Å². The molecule has 4 atom stereocenters. The summed E-state index contributed by atoms with van der Waals surface area (Å²) < 4.78 is 0. The van der Waals surface area contributed by atoms with Gasteiger partial charge in [0.05, 0.1) is 19.1 Å². The molecule has 1 heterocycles. The van der Waals surface area contributed by atoms with Crippen molar-refractivity contribution in [3.63, 3.8) is 0 Å². The second-order valence-electron chi connectivity index (χ2n) is 7.55. The standard InChI is InChI=1S/C20H29NO.ClH/c1-4-5-6-7-11-21-12-10-20(3)15(2)19(21)13-16-8-9-17(22)14-18(16)20;/h4,8-9,14-15,19,22H,1,5-7,10-13H2,2-3H3;1H/t15-,19-,20-;/m0./s1. The largest absolute Gasteiger partial charge is 1.00 e. The van der Waals surface area contributed by atoms with Crippen LogP contribution in [0.15, 0.2) is 30.9 Å². The highest BCUT2D eigenvalue weighted by atomic mass is 35.5. The number of likely N-dealkylation sites (tertiary alicyclic amines) is 1. The van der Waals surface area contributed by atoms with Crippen molar-refractivity contribution < 1.29 is 22.4 Å². The highest BCUT2D eigenvalue weighted by Crippen LogP contribution is 2.45. The first-order chi connectivity index (χ1) is 10.6. The molecule has 1 aromatic carbocycles. The van der Waals surface area contributed by atoms with E-state index in [1.54, 1.807) is 4.90 Å². The Morgan fingerprint density at radius 1 is 1.39 bits per heavy atom. The number of unbranched alkanes of at least 4 members (excludes halogenated alkanes) is 2. The van der Waals surface area contributed by atoms with E-state index in [0.29, 0.717) is 11.7 Å². The Balaban J connectivity index is 0.00000192. The topological polar surface area (TPSA) is 24.7 Å². The summed E-state index contributed by atoms with van der Waals surface area (Å²) in [6.45, 7) is 11.2. The molecule has 1 fully saturated rings. The lowest BCUT2D eigenvalue weighted by Gasteiger charge is -2.52. The second kappa shape index (κ2) is 7.27. The molecule has 3 rings (SSSR count). The molecule has 1 saturated heterocycles. The van der Waals surface area contributed by atoms with Crippen molar-refractivity contribution in [3.05, 3.63) is 42.0 Å². The summed E-state index contributed by atoms with van der Waals surface area (Å²) in [6, 6.07) is 6.77. The molecule has 2 nitrogen and oxygen atoms in total. The summed E-state index contributed by atoms with van der Waals surface area (Å²) in [7, 11) is 0. The lowest BCUT2D eigenvalue weighted by molar-refractivity contribution is -0.937. The van der Waals surface area contributed by atoms with Crippen LogP contribution in [0.25, 0.3) is 0 Å². The third kappa shape index (κ3) is 3.29. The van der Waals surface area contributed by atoms with Crippen LogP contribution >= 0.6 is 0 Å². The zero-order valence-corrected chi connectivity index (χ0v) is 15.2. The smallest absolute Gasteiger partial charge is 0.115 e. The van der Waals surface area contributed by atoms with E-state index in [2.05, 4.69) is 26.5 Å². The molecule has 2 bridgehead atoms. The van der Waals surface area contributed by atoms with Crippen LogP contribution in [-0.4, -0.2) is 24.2 Å². The van der Waals surface area contributed by atoms with Crippen LogP contribution in [0.5, 0.6) is 5.75 Å². The molecule has 1 unspecified atom stereocenters. The maximum Gasteiger partial charge on any atom is 0.115 e. The Morgan fingerprint density at radius 3 is 2.91 bits per heavy atom. The van der Waals surface area contributed by atoms with E-state index in [1.165, 1.54) is 49.9 Å². The average molecular weight is 336 g/mol. The van der Waals surface area contributed by atoms with E-state index in [1.807, 2.05) is 18.2 Å². The molecule has 128 valence electrons. The molecular formula is C20H30ClNO. The van der Waals surface area contributed by atoms with Crippen LogP contribution in [0.2, 0.25) is 0 Å². The van der Waals surface area contributed by atoms with E-state index >= 15 is 0 Å². The van der Waals surface area contributed by atoms with E-state index in [0.717, 1.165) is 12.5 Å². The first-order valence-electron chi connectivity index (χ1n) is 8.84. The van der Waals surface area contributed by atoms with Gasteiger partial charge < -0.3 is 22.4 Å². The van der Waals surface area contributed by atoms with Crippen molar-refractivity contribution in [2.75, 3.05) is 13.1 Å². The van der Waals surface area contributed by atoms with Gasteiger partial charge in [-0.3, -0.25) is 0 Å². The normalized spacial score (nSPS) is 31.8. The van der Waals surface area contributed by atoms with Crippen molar-refractivity contribution in [2.45, 2.75) is 57.4 Å². The first kappa shape index (κ1) is 18.4. The van der Waals surface area contributed by atoms with Gasteiger partial charge in [-0.25, -0.2) is 0 Å². The summed E-state index contributed by atoms with van der Waals surface area (Å²) in [5, 5.41) is 9.89. The highest BCUT2D eigenvalue weighted by Gasteiger charge is 2.50. The van der Waals surface area contributed by atoms with E-state index in [4.69, 9.17) is 0 Å². The fourth-order valence-corrected chi connectivity index (χ4v) is 4.79. The fraction of sp³-hybridized carbons (Fsp3) is 0.600. The maximum atomic E-state index is 9.89. The number of piperidine rings is 1. The van der Waals surface area contributed by atoms with Gasteiger partial charge in [0.1, 0.15) is 5.75 Å². The monoisotopic (exact) mass is 335 g/mol. The first-order valence-corrected chi connectivity index (χ1v) is 8.84. The minimum atomic E-state index is 0. The van der Waals surface area contributed by atoms with Crippen LogP contribution in [0.3, 0.4) is 0 Å². The molecule has 1 aliphatic heterocycles. The Kier molecular flexibility index (Phi) is 5.80. The van der Waals surface area contributed by atoms with Crippen LogP contribution < -0.4 is 17.3 Å². The number of rotatable bonds is 5. The Bertz CT molecular complexity index is 559. The number of halogens is 1. The number of allylic oxidation sites excluding steroid dienone is 1. The summed E-state index contributed by atoms with van der Waals surface area (Å²) >= 11 is 0. The average Bonchev–Trinajstić information content (AvgIpc) is 2.50. The number of phenolic OH excluding ortho intramolecular Hbond substituents is 1. The summed E-state index contributed by atoms with van der Waals surface area (Å²) in [5.74, 6) is 1.11. The van der Waals surface area contributed by atoms with Gasteiger partial charge in [0, 0.05) is 24.2 Å². The predicted molar refractivity (Wildman–Crippen MR) is 91.5 cm³/mol. The lowest BCUT2D eigenvalue weighted by Crippen LogP contribution is -3.18. The van der Waals surface area contributed by atoms with Crippen molar-refractivity contribution in [2.24, 2.45) is 5.92 Å². The van der Waals surface area contributed by atoms with Crippen LogP contribution in [0.4, 0.5) is 0 Å². The molecule has 0 spiro atoms. The quantitative estimate of drug-likeness (QED) is 0.568. The SMILES string of the molecule is C=CCCCC[NH+]1CC[C@]2(C)c3cc(O)ccc3C[C@H]1[C@@H]2C.[Cl-]. The van der Waals surface area contributed by atoms with Gasteiger partial charge >= 0.3 is 0 Å². The van der Waals surface area contributed by atoms with E-state index < -0.39 is 0 Å². The second-order valence-corrected chi connectivity index (χ2v) is 7.55. The molecule has 1 aromatic rings. The third-order valence-electron chi connectivity index (χ3n) is 6.40. The maximum absolute atomic E-state index is 9.89. The molecule has 2 aliphatic rings. The molecule has 0 saturated carbocycles. The Hall–Kier alpha value is -0.990. The third-order valence-corrected chi connectivity index (χ3v) is 6.40. The number of phenols is 1. The van der Waals surface area contributed by atoms with E-state index in [9.17, 15) is 5.11 Å². The summed E-state index contributed by atoms with van der Waals surface area (Å²) in [4.78, 5) is 1.80. The van der Waals surface area contributed by atoms with Gasteiger partial charge in [-0.1, -0.05) is 26.0 Å². The molecule has 1 aliphatic carbocycles. The molecule has 0 amide bonds. The number of benzene rings is 1. The van der Waals surface area contributed by atoms with Gasteiger partial charge in [-0.2, -0.15) is 0 Å². The van der Waals surface area contributed by atoms with Gasteiger partial charge in [-0.05, 0) is 42.5 Å². The van der Waals surface area contributed by atoms with Crippen molar-refractivity contribution in [1.82, 2.24) is 0 Å². The number of aromatic hydroxyl groups is 1. The van der Waals surface area contributed by atoms with Crippen molar-refractivity contribution in [1.29, 1.82) is 0 Å². The zero-order chi connectivity index (χ0) is 15.7. The number of hydrogen-bond donors (Lipinski definition) is 2. The van der Waals surface area contributed by atoms with Crippen molar-refractivity contribution in [3.8, 4) is 5.75 Å². The minimum Gasteiger partial charge on any atom is -1.00 e. The summed E-state index contributed by atoms with van der Waals surface area (Å²) in [6.07, 6.45) is 8.17. The predicted octanol–water partition coefficient (Wildman–Crippen LogP) is -0.140. The molecular weight excluding hydrogens is 306 g/mol. The van der Waals surface area contributed by atoms with Gasteiger partial charge in [0.15, 0.2) is 0 Å². The summed E-state index contributed by atoms with van der Waals surface area (Å²) in [5.41, 5.74) is 3.11. The molecule has 0 aromatic heterocycles. The van der Waals surface area contributed by atoms with Crippen molar-refractivity contribution >= 4 is 0 Å². The highest BCUT2D eigenvalue weighted by molar-refractivity contribution is 5.43. The van der Waals surface area contributed by atoms with Gasteiger partial charge in [-0.15, -0.1) is 6.58 Å². The molecule has 2 N–H and O–H groups in total. The number of nitrogens with one attached hydrogen (secondary N) is 1. The minimum absolute atomic E-state index is 0. The van der Waals surface area contributed by atoms with Gasteiger partial charge in [0.2, 0.25) is 0 Å². The molecule has 23 heavy (non-hydrogen) atoms. The number of quaternary nitrogens is 1. The zero-order valence-electron chi connectivity index (χ0n) is 14.4. The van der Waals surface area contributed by atoms with Crippen LogP contribution in [0.1, 0.15) is 50.7 Å². The molecule has 3 heteroatoms. The van der Waals surface area contributed by atoms with Crippen LogP contribution in [0, 0.1) is 5.92 Å². The number of hydrogen-bond acceptors (Lipinski definition) is 1.